The molecule has 0 radical (unpaired) electrons. The van der Waals surface area contributed by atoms with Crippen molar-refractivity contribution in [3.63, 3.8) is 0 Å². The van der Waals surface area contributed by atoms with Gasteiger partial charge in [-0.2, -0.15) is 30.9 Å². The van der Waals surface area contributed by atoms with Crippen LogP contribution in [0.5, 0.6) is 0 Å². The number of urea groups is 1. The van der Waals surface area contributed by atoms with E-state index in [2.05, 4.69) is 11.4 Å². The van der Waals surface area contributed by atoms with Crippen molar-refractivity contribution in [1.82, 2.24) is 9.21 Å². The average molecular weight is 400 g/mol. The number of nitrogens with two attached hydrogens (primary N) is 1. The molecule has 116 valence electrons. The van der Waals surface area contributed by atoms with Crippen molar-refractivity contribution in [2.75, 3.05) is 25.5 Å². The summed E-state index contributed by atoms with van der Waals surface area (Å²) in [5.74, 6) is 0. The molecular formula is C13H19N4O3SY+2. The summed E-state index contributed by atoms with van der Waals surface area (Å²) >= 11 is 0. The smallest absolute Gasteiger partial charge is 0.331 e. The minimum Gasteiger partial charge on any atom is -0.331 e. The van der Waals surface area contributed by atoms with Crippen molar-refractivity contribution in [3.05, 3.63) is 30.3 Å². The second-order valence-corrected chi connectivity index (χ2v) is 6.55. The van der Waals surface area contributed by atoms with Crippen molar-refractivity contribution in [3.8, 4) is 0 Å². The van der Waals surface area contributed by atoms with Crippen LogP contribution >= 0.6 is 0 Å². The second kappa shape index (κ2) is 8.35. The molecule has 1 aromatic rings. The van der Waals surface area contributed by atoms with Gasteiger partial charge in [-0.3, -0.25) is 0 Å². The number of anilines is 1. The first kappa shape index (κ1) is 19.5. The number of benzene rings is 1. The summed E-state index contributed by atoms with van der Waals surface area (Å²) in [6, 6.07) is 9.63. The topological polar surface area (TPSA) is 95.7 Å². The Balaban J connectivity index is 0.00000242. The molecule has 1 aliphatic rings. The molecule has 0 saturated carbocycles. The summed E-state index contributed by atoms with van der Waals surface area (Å²) in [5.41, 5.74) is 0.701. The third-order valence-corrected chi connectivity index (χ3v) is 4.71. The number of carbonyl (C=O) groups excluding carboxylic acids is 1. The summed E-state index contributed by atoms with van der Waals surface area (Å²) < 4.78 is 23.7. The van der Waals surface area contributed by atoms with E-state index >= 15 is 0 Å². The molecule has 2 amide bonds. The number of amides is 2. The van der Waals surface area contributed by atoms with Gasteiger partial charge in [-0.15, -0.1) is 12.1 Å². The fraction of sp³-hybridized carbons (Fsp3) is 0.462. The van der Waals surface area contributed by atoms with Crippen molar-refractivity contribution in [2.45, 2.75) is 18.9 Å². The number of nitrogens with zero attached hydrogens (tertiary/aromatic N) is 2. The van der Waals surface area contributed by atoms with Gasteiger partial charge in [0, 0.05) is 26.2 Å². The van der Waals surface area contributed by atoms with Crippen molar-refractivity contribution in [2.24, 2.45) is 5.14 Å². The van der Waals surface area contributed by atoms with E-state index in [0.29, 0.717) is 31.6 Å². The fourth-order valence-electron chi connectivity index (χ4n) is 2.33. The predicted molar refractivity (Wildman–Crippen MR) is 79.8 cm³/mol. The first-order chi connectivity index (χ1) is 9.88. The van der Waals surface area contributed by atoms with Gasteiger partial charge in [-0.25, -0.2) is 9.93 Å². The van der Waals surface area contributed by atoms with Crippen LogP contribution in [0.4, 0.5) is 10.5 Å². The summed E-state index contributed by atoms with van der Waals surface area (Å²) in [5, 5.41) is 7.89. The molecular weight excluding hydrogens is 381 g/mol. The third-order valence-electron chi connectivity index (χ3n) is 3.62. The summed E-state index contributed by atoms with van der Waals surface area (Å²) in [6.07, 6.45) is 1.14. The van der Waals surface area contributed by atoms with Crippen molar-refractivity contribution in [1.29, 1.82) is 0 Å². The van der Waals surface area contributed by atoms with Gasteiger partial charge in [0.05, 0.1) is 0 Å². The molecule has 0 aromatic heterocycles. The van der Waals surface area contributed by atoms with Crippen LogP contribution in [0.3, 0.4) is 0 Å². The zero-order chi connectivity index (χ0) is 15.5. The van der Waals surface area contributed by atoms with Crippen LogP contribution in [-0.2, 0) is 42.9 Å². The Bertz CT molecular complexity index is 589. The number of nitrogens with one attached hydrogen (secondary N) is 1. The third kappa shape index (κ3) is 5.28. The van der Waals surface area contributed by atoms with E-state index in [1.807, 2.05) is 0 Å². The molecule has 0 aliphatic carbocycles. The van der Waals surface area contributed by atoms with Gasteiger partial charge in [0.2, 0.25) is 0 Å². The van der Waals surface area contributed by atoms with E-state index in [1.165, 1.54) is 4.31 Å². The monoisotopic (exact) mass is 400 g/mol. The molecule has 0 unspecified atom stereocenters. The van der Waals surface area contributed by atoms with Gasteiger partial charge in [-0.1, -0.05) is 5.69 Å². The second-order valence-electron chi connectivity index (χ2n) is 5.00. The minimum absolute atomic E-state index is 0. The molecule has 1 aromatic carbocycles. The zero-order valence-corrected chi connectivity index (χ0v) is 16.1. The summed E-state index contributed by atoms with van der Waals surface area (Å²) in [4.78, 5) is 13.7. The number of carbonyl (C=O) groups is 1. The molecule has 9 heteroatoms. The van der Waals surface area contributed by atoms with Crippen LogP contribution in [0.25, 0.3) is 0 Å². The van der Waals surface area contributed by atoms with E-state index in [4.69, 9.17) is 5.14 Å². The van der Waals surface area contributed by atoms with Gasteiger partial charge in [0.1, 0.15) is 0 Å². The van der Waals surface area contributed by atoms with E-state index < -0.39 is 10.2 Å². The van der Waals surface area contributed by atoms with Crippen LogP contribution in [0.2, 0.25) is 0 Å². The Morgan fingerprint density at radius 2 is 1.91 bits per heavy atom. The van der Waals surface area contributed by atoms with Crippen LogP contribution < -0.4 is 10.5 Å². The van der Waals surface area contributed by atoms with E-state index in [-0.39, 0.29) is 44.8 Å². The van der Waals surface area contributed by atoms with E-state index in [0.717, 1.165) is 0 Å². The molecule has 22 heavy (non-hydrogen) atoms. The Morgan fingerprint density at radius 1 is 1.36 bits per heavy atom. The van der Waals surface area contributed by atoms with Crippen LogP contribution in [-0.4, -0.2) is 49.8 Å². The molecule has 1 fully saturated rings. The number of piperidine rings is 1. The van der Waals surface area contributed by atoms with Gasteiger partial charge >= 0.3 is 38.7 Å². The first-order valence-electron chi connectivity index (χ1n) is 6.66. The number of hydrogen-bond donors (Lipinski definition) is 2. The molecule has 0 atom stereocenters. The van der Waals surface area contributed by atoms with Crippen LogP contribution in [0.15, 0.2) is 24.3 Å². The van der Waals surface area contributed by atoms with E-state index in [1.54, 1.807) is 36.2 Å². The number of rotatable bonds is 3. The van der Waals surface area contributed by atoms with Gasteiger partial charge in [-0.05, 0) is 12.8 Å². The summed E-state index contributed by atoms with van der Waals surface area (Å²) in [7, 11) is -1.92. The Labute approximate surface area is 156 Å². The Kier molecular flexibility index (Phi) is 7.41. The van der Waals surface area contributed by atoms with Crippen LogP contribution in [0.1, 0.15) is 12.8 Å². The molecule has 3 N–H and O–H groups in total. The Morgan fingerprint density at radius 3 is 2.41 bits per heavy atom. The molecule has 1 saturated heterocycles. The summed E-state index contributed by atoms with van der Waals surface area (Å²) in [6.45, 7) is 0.669. The maximum atomic E-state index is 12.1. The first-order valence-corrected chi connectivity index (χ1v) is 8.16. The molecule has 2 rings (SSSR count). The zero-order valence-electron chi connectivity index (χ0n) is 12.4. The molecule has 7 nitrogen and oxygen atoms in total. The molecule has 1 heterocycles. The quantitative estimate of drug-likeness (QED) is 0.728. The molecule has 0 bridgehead atoms. The van der Waals surface area contributed by atoms with Crippen molar-refractivity contribution < 1.29 is 45.9 Å². The van der Waals surface area contributed by atoms with Crippen LogP contribution in [0, 0.1) is 6.07 Å². The molecule has 0 spiro atoms. The fourth-order valence-corrected chi connectivity index (χ4v) is 3.05. The minimum atomic E-state index is -3.63. The SMILES string of the molecule is CN(C(=O)Nc1cc[c-]cc1)C1CCN(S(N)(=O)=O)CC1.[Y+3]. The van der Waals surface area contributed by atoms with Crippen molar-refractivity contribution >= 4 is 21.9 Å². The largest absolute Gasteiger partial charge is 3.00 e. The maximum Gasteiger partial charge on any atom is 3.00 e. The standard InChI is InChI=1S/C13H19N4O3S.Y/c1-16(13(18)15-11-5-3-2-4-6-11)12-7-9-17(10-8-12)21(14,19)20;/h3-6,12H,7-10H2,1H3,(H,15,18)(H2,14,19,20);/q-1;+3. The maximum absolute atomic E-state index is 12.1. The van der Waals surface area contributed by atoms with Gasteiger partial charge in [0.25, 0.3) is 10.2 Å². The average Bonchev–Trinajstić information content (AvgIpc) is 2.46. The predicted octanol–water partition coefficient (Wildman–Crippen LogP) is 0.616. The number of hydrogen-bond acceptors (Lipinski definition) is 3. The van der Waals surface area contributed by atoms with E-state index in [9.17, 15) is 13.2 Å². The van der Waals surface area contributed by atoms with Gasteiger partial charge in [0.15, 0.2) is 0 Å². The van der Waals surface area contributed by atoms with Gasteiger partial charge < -0.3 is 10.2 Å². The normalized spacial score (nSPS) is 16.6. The molecule has 1 aliphatic heterocycles. The Hall–Kier alpha value is -0.536.